The Morgan fingerprint density at radius 1 is 1.25 bits per heavy atom. The first kappa shape index (κ1) is 13.5. The number of anilines is 2. The van der Waals surface area contributed by atoms with E-state index in [1.54, 1.807) is 0 Å². The Balaban J connectivity index is 2.30. The number of carbonyl (C=O) groups is 1. The topological polar surface area (TPSA) is 98.3 Å². The molecule has 2 aromatic rings. The van der Waals surface area contributed by atoms with Crippen molar-refractivity contribution in [3.63, 3.8) is 0 Å². The van der Waals surface area contributed by atoms with Crippen LogP contribution in [-0.2, 0) is 0 Å². The summed E-state index contributed by atoms with van der Waals surface area (Å²) in [7, 11) is 0. The molecule has 0 spiro atoms. The summed E-state index contributed by atoms with van der Waals surface area (Å²) in [5.74, 6) is -1.15. The molecule has 0 aliphatic carbocycles. The lowest BCUT2D eigenvalue weighted by molar-refractivity contribution is -0.383. The number of nitrogen functional groups attached to an aromatic ring is 1. The number of para-hydroxylation sites is 1. The molecule has 102 valence electrons. The van der Waals surface area contributed by atoms with E-state index < -0.39 is 16.6 Å². The number of carbonyl (C=O) groups excluding carboxylic acids is 1. The summed E-state index contributed by atoms with van der Waals surface area (Å²) < 4.78 is 13.0. The van der Waals surface area contributed by atoms with Gasteiger partial charge in [-0.25, -0.2) is 4.39 Å². The number of amides is 1. The van der Waals surface area contributed by atoms with Crippen LogP contribution in [0.4, 0.5) is 21.5 Å². The van der Waals surface area contributed by atoms with E-state index in [9.17, 15) is 19.3 Å². The largest absolute Gasteiger partial charge is 0.393 e. The number of hydrogen-bond acceptors (Lipinski definition) is 4. The van der Waals surface area contributed by atoms with E-state index >= 15 is 0 Å². The van der Waals surface area contributed by atoms with Gasteiger partial charge in [-0.2, -0.15) is 0 Å². The molecule has 20 heavy (non-hydrogen) atoms. The van der Waals surface area contributed by atoms with E-state index in [0.29, 0.717) is 0 Å². The van der Waals surface area contributed by atoms with E-state index in [0.717, 1.165) is 6.07 Å². The van der Waals surface area contributed by atoms with Crippen molar-refractivity contribution in [3.8, 4) is 0 Å². The van der Waals surface area contributed by atoms with Crippen LogP contribution in [0, 0.1) is 15.9 Å². The normalized spacial score (nSPS) is 10.1. The van der Waals surface area contributed by atoms with Crippen molar-refractivity contribution in [2.45, 2.75) is 0 Å². The molecular weight excluding hydrogens is 265 g/mol. The number of nitrogens with zero attached hydrogens (tertiary/aromatic N) is 1. The highest BCUT2D eigenvalue weighted by Gasteiger charge is 2.19. The lowest BCUT2D eigenvalue weighted by atomic mass is 10.1. The molecule has 0 unspecified atom stereocenters. The first-order valence-corrected chi connectivity index (χ1v) is 5.59. The number of nitrogens with two attached hydrogens (primary N) is 1. The SMILES string of the molecule is Nc1c(C(=O)Nc2cccc(F)c2)cccc1[N+](=O)[O-]. The predicted molar refractivity (Wildman–Crippen MR) is 71.9 cm³/mol. The molecular formula is C13H10FN3O3. The Hall–Kier alpha value is -2.96. The molecule has 2 rings (SSSR count). The van der Waals surface area contributed by atoms with Gasteiger partial charge in [-0.1, -0.05) is 12.1 Å². The molecule has 3 N–H and O–H groups in total. The summed E-state index contributed by atoms with van der Waals surface area (Å²) in [5, 5.41) is 13.2. The van der Waals surface area contributed by atoms with Crippen molar-refractivity contribution in [1.82, 2.24) is 0 Å². The number of nitro benzene ring substituents is 1. The third-order valence-electron chi connectivity index (χ3n) is 2.61. The second-order valence-electron chi connectivity index (χ2n) is 3.96. The van der Waals surface area contributed by atoms with Gasteiger partial charge in [0.15, 0.2) is 0 Å². The third kappa shape index (κ3) is 2.72. The van der Waals surface area contributed by atoms with Crippen LogP contribution in [-0.4, -0.2) is 10.8 Å². The second kappa shape index (κ2) is 5.35. The van der Waals surface area contributed by atoms with Gasteiger partial charge in [0, 0.05) is 11.8 Å². The van der Waals surface area contributed by atoms with E-state index in [4.69, 9.17) is 5.73 Å². The number of halogens is 1. The van der Waals surface area contributed by atoms with Gasteiger partial charge in [-0.3, -0.25) is 14.9 Å². The highest BCUT2D eigenvalue weighted by Crippen LogP contribution is 2.25. The summed E-state index contributed by atoms with van der Waals surface area (Å²) in [6.45, 7) is 0. The minimum absolute atomic E-state index is 0.0385. The molecule has 2 aromatic carbocycles. The summed E-state index contributed by atoms with van der Waals surface area (Å²) in [6.07, 6.45) is 0. The smallest absolute Gasteiger partial charge is 0.292 e. The minimum Gasteiger partial charge on any atom is -0.393 e. The van der Waals surface area contributed by atoms with E-state index in [1.165, 1.54) is 36.4 Å². The molecule has 0 aliphatic rings. The molecule has 0 aliphatic heterocycles. The molecule has 6 nitrogen and oxygen atoms in total. The van der Waals surface area contributed by atoms with Crippen molar-refractivity contribution in [1.29, 1.82) is 0 Å². The van der Waals surface area contributed by atoms with Crippen LogP contribution in [0.15, 0.2) is 42.5 Å². The van der Waals surface area contributed by atoms with Gasteiger partial charge in [-0.05, 0) is 24.3 Å². The zero-order valence-corrected chi connectivity index (χ0v) is 10.2. The van der Waals surface area contributed by atoms with Gasteiger partial charge in [0.1, 0.15) is 11.5 Å². The first-order chi connectivity index (χ1) is 9.49. The summed E-state index contributed by atoms with van der Waals surface area (Å²) in [5.41, 5.74) is 5.21. The molecule has 1 amide bonds. The second-order valence-corrected chi connectivity index (χ2v) is 3.96. The fourth-order valence-electron chi connectivity index (χ4n) is 1.67. The lowest BCUT2D eigenvalue weighted by Crippen LogP contribution is -2.15. The number of nitrogens with one attached hydrogen (secondary N) is 1. The van der Waals surface area contributed by atoms with Crippen molar-refractivity contribution >= 4 is 23.0 Å². The molecule has 0 fully saturated rings. The molecule has 7 heteroatoms. The average molecular weight is 275 g/mol. The van der Waals surface area contributed by atoms with Gasteiger partial charge >= 0.3 is 0 Å². The maximum Gasteiger partial charge on any atom is 0.292 e. The maximum atomic E-state index is 13.0. The minimum atomic E-state index is -0.672. The standard InChI is InChI=1S/C13H10FN3O3/c14-8-3-1-4-9(7-8)16-13(18)10-5-2-6-11(12(10)15)17(19)20/h1-7H,15H2,(H,16,18). The van der Waals surface area contributed by atoms with E-state index in [1.807, 2.05) is 0 Å². The van der Waals surface area contributed by atoms with Crippen LogP contribution in [0.25, 0.3) is 0 Å². The summed E-state index contributed by atoms with van der Waals surface area (Å²) >= 11 is 0. The average Bonchev–Trinajstić information content (AvgIpc) is 2.38. The monoisotopic (exact) mass is 275 g/mol. The van der Waals surface area contributed by atoms with Gasteiger partial charge in [0.2, 0.25) is 0 Å². The summed E-state index contributed by atoms with van der Waals surface area (Å²) in [6, 6.07) is 9.21. The number of rotatable bonds is 3. The zero-order valence-electron chi connectivity index (χ0n) is 10.2. The molecule has 0 radical (unpaired) electrons. The van der Waals surface area contributed by atoms with Crippen LogP contribution >= 0.6 is 0 Å². The van der Waals surface area contributed by atoms with E-state index in [2.05, 4.69) is 5.32 Å². The molecule has 0 saturated heterocycles. The Morgan fingerprint density at radius 2 is 1.95 bits per heavy atom. The highest BCUT2D eigenvalue weighted by atomic mass is 19.1. The van der Waals surface area contributed by atoms with Crippen molar-refractivity contribution in [2.24, 2.45) is 0 Å². The van der Waals surface area contributed by atoms with Crippen LogP contribution in [0.3, 0.4) is 0 Å². The fourth-order valence-corrected chi connectivity index (χ4v) is 1.67. The van der Waals surface area contributed by atoms with Crippen LogP contribution in [0.1, 0.15) is 10.4 Å². The van der Waals surface area contributed by atoms with Crippen molar-refractivity contribution < 1.29 is 14.1 Å². The molecule has 0 bridgehead atoms. The van der Waals surface area contributed by atoms with Gasteiger partial charge in [-0.15, -0.1) is 0 Å². The Labute approximate surface area is 113 Å². The maximum absolute atomic E-state index is 13.0. The van der Waals surface area contributed by atoms with Crippen LogP contribution in [0.2, 0.25) is 0 Å². The van der Waals surface area contributed by atoms with Crippen molar-refractivity contribution in [2.75, 3.05) is 11.1 Å². The number of benzene rings is 2. The first-order valence-electron chi connectivity index (χ1n) is 5.59. The van der Waals surface area contributed by atoms with Crippen LogP contribution in [0.5, 0.6) is 0 Å². The van der Waals surface area contributed by atoms with E-state index in [-0.39, 0.29) is 22.6 Å². The third-order valence-corrected chi connectivity index (χ3v) is 2.61. The number of nitro groups is 1. The number of hydrogen-bond donors (Lipinski definition) is 2. The molecule has 0 aromatic heterocycles. The highest BCUT2D eigenvalue weighted by molar-refractivity contribution is 6.08. The van der Waals surface area contributed by atoms with Gasteiger partial charge in [0.05, 0.1) is 10.5 Å². The van der Waals surface area contributed by atoms with Gasteiger partial charge in [0.25, 0.3) is 11.6 Å². The molecule has 0 saturated carbocycles. The zero-order chi connectivity index (χ0) is 14.7. The Morgan fingerprint density at radius 3 is 2.60 bits per heavy atom. The van der Waals surface area contributed by atoms with Crippen molar-refractivity contribution in [3.05, 3.63) is 64.0 Å². The molecule has 0 heterocycles. The summed E-state index contributed by atoms with van der Waals surface area (Å²) in [4.78, 5) is 22.1. The Bertz CT molecular complexity index is 688. The fraction of sp³-hybridized carbons (Fsp3) is 0. The van der Waals surface area contributed by atoms with Crippen LogP contribution < -0.4 is 11.1 Å². The predicted octanol–water partition coefficient (Wildman–Crippen LogP) is 2.57. The quantitative estimate of drug-likeness (QED) is 0.511. The lowest BCUT2D eigenvalue weighted by Gasteiger charge is -2.07. The molecule has 0 atom stereocenters. The van der Waals surface area contributed by atoms with Gasteiger partial charge < -0.3 is 11.1 Å². The Kier molecular flexibility index (Phi) is 3.60.